The summed E-state index contributed by atoms with van der Waals surface area (Å²) in [6, 6.07) is 19.9. The molecule has 6 nitrogen and oxygen atoms in total. The molecule has 0 unspecified atom stereocenters. The molecule has 2 aromatic carbocycles. The fourth-order valence-corrected chi connectivity index (χ4v) is 2.61. The quantitative estimate of drug-likeness (QED) is 0.367. The molecular formula is C21H25N5O. The number of aliphatic imine (C=N–C) groups is 1. The van der Waals surface area contributed by atoms with Gasteiger partial charge in [0, 0.05) is 19.8 Å². The van der Waals surface area contributed by atoms with Gasteiger partial charge in [-0.1, -0.05) is 36.4 Å². The number of ether oxygens (including phenoxy) is 1. The van der Waals surface area contributed by atoms with E-state index >= 15 is 0 Å². The predicted octanol–water partition coefficient (Wildman–Crippen LogP) is 2.66. The average molecular weight is 363 g/mol. The van der Waals surface area contributed by atoms with E-state index in [9.17, 15) is 0 Å². The normalized spacial score (nSPS) is 11.2. The van der Waals surface area contributed by atoms with Crippen LogP contribution in [0.1, 0.15) is 5.56 Å². The number of guanidine groups is 1. The predicted molar refractivity (Wildman–Crippen MR) is 109 cm³/mol. The highest BCUT2D eigenvalue weighted by Gasteiger charge is 2.02. The number of hydrogen-bond donors (Lipinski definition) is 2. The van der Waals surface area contributed by atoms with Gasteiger partial charge in [0.25, 0.3) is 0 Å². The summed E-state index contributed by atoms with van der Waals surface area (Å²) >= 11 is 0. The van der Waals surface area contributed by atoms with Crippen LogP contribution >= 0.6 is 0 Å². The second-order valence-corrected chi connectivity index (χ2v) is 5.97. The van der Waals surface area contributed by atoms with Crippen LogP contribution in [0.3, 0.4) is 0 Å². The zero-order valence-corrected chi connectivity index (χ0v) is 15.5. The van der Waals surface area contributed by atoms with Crippen LogP contribution in [-0.4, -0.2) is 42.5 Å². The molecule has 0 aliphatic carbocycles. The lowest BCUT2D eigenvalue weighted by molar-refractivity contribution is 0.322. The van der Waals surface area contributed by atoms with E-state index in [0.717, 1.165) is 30.4 Å². The first-order valence-corrected chi connectivity index (χ1v) is 9.06. The maximum Gasteiger partial charge on any atom is 0.191 e. The van der Waals surface area contributed by atoms with Crippen molar-refractivity contribution in [2.24, 2.45) is 4.99 Å². The number of hydrogen-bond acceptors (Lipinski definition) is 3. The third-order valence-electron chi connectivity index (χ3n) is 3.99. The summed E-state index contributed by atoms with van der Waals surface area (Å²) in [4.78, 5) is 4.23. The van der Waals surface area contributed by atoms with Crippen molar-refractivity contribution >= 4 is 5.96 Å². The topological polar surface area (TPSA) is 63.5 Å². The maximum absolute atomic E-state index is 5.66. The minimum Gasteiger partial charge on any atom is -0.492 e. The number of rotatable bonds is 8. The van der Waals surface area contributed by atoms with Crippen molar-refractivity contribution in [2.45, 2.75) is 6.42 Å². The van der Waals surface area contributed by atoms with Crippen LogP contribution < -0.4 is 15.4 Å². The van der Waals surface area contributed by atoms with Crippen LogP contribution in [0.15, 0.2) is 78.0 Å². The second kappa shape index (κ2) is 10.0. The summed E-state index contributed by atoms with van der Waals surface area (Å²) in [6.07, 6.45) is 4.83. The van der Waals surface area contributed by atoms with Gasteiger partial charge in [0.15, 0.2) is 5.96 Å². The molecule has 0 bridgehead atoms. The molecule has 0 fully saturated rings. The molecule has 0 amide bonds. The summed E-state index contributed by atoms with van der Waals surface area (Å²) in [5.41, 5.74) is 2.24. The van der Waals surface area contributed by atoms with Crippen molar-refractivity contribution in [3.63, 3.8) is 0 Å². The van der Waals surface area contributed by atoms with E-state index in [1.165, 1.54) is 5.56 Å². The van der Waals surface area contributed by atoms with E-state index in [0.29, 0.717) is 13.2 Å². The largest absolute Gasteiger partial charge is 0.492 e. The molecule has 0 spiro atoms. The van der Waals surface area contributed by atoms with Gasteiger partial charge in [0.05, 0.1) is 18.4 Å². The van der Waals surface area contributed by atoms with Crippen molar-refractivity contribution in [2.75, 3.05) is 26.7 Å². The summed E-state index contributed by atoms with van der Waals surface area (Å²) < 4.78 is 7.56. The Morgan fingerprint density at radius 1 is 1.00 bits per heavy atom. The summed E-state index contributed by atoms with van der Waals surface area (Å²) in [6.45, 7) is 2.04. The third kappa shape index (κ3) is 5.88. The maximum atomic E-state index is 5.66. The van der Waals surface area contributed by atoms with Crippen molar-refractivity contribution in [1.29, 1.82) is 0 Å². The molecule has 140 valence electrons. The first-order valence-electron chi connectivity index (χ1n) is 9.06. The Kier molecular flexibility index (Phi) is 6.86. The van der Waals surface area contributed by atoms with Gasteiger partial charge in [0.2, 0.25) is 0 Å². The molecule has 1 aromatic heterocycles. The number of aromatic nitrogens is 2. The van der Waals surface area contributed by atoms with Crippen molar-refractivity contribution < 1.29 is 4.74 Å². The Morgan fingerprint density at radius 2 is 1.70 bits per heavy atom. The Balaban J connectivity index is 1.37. The highest BCUT2D eigenvalue weighted by molar-refractivity contribution is 5.79. The van der Waals surface area contributed by atoms with Gasteiger partial charge in [-0.15, -0.1) is 0 Å². The van der Waals surface area contributed by atoms with Gasteiger partial charge in [0.1, 0.15) is 12.4 Å². The van der Waals surface area contributed by atoms with E-state index in [-0.39, 0.29) is 0 Å². The Morgan fingerprint density at radius 3 is 2.44 bits per heavy atom. The Bertz CT molecular complexity index is 830. The summed E-state index contributed by atoms with van der Waals surface area (Å²) in [5, 5.41) is 11.0. The number of nitrogens with zero attached hydrogens (tertiary/aromatic N) is 3. The highest BCUT2D eigenvalue weighted by Crippen LogP contribution is 2.08. The molecule has 27 heavy (non-hydrogen) atoms. The molecule has 0 aliphatic heterocycles. The monoisotopic (exact) mass is 363 g/mol. The smallest absolute Gasteiger partial charge is 0.191 e. The fourth-order valence-electron chi connectivity index (χ4n) is 2.61. The molecule has 0 saturated carbocycles. The van der Waals surface area contributed by atoms with Gasteiger partial charge in [-0.25, -0.2) is 4.68 Å². The molecule has 1 heterocycles. The van der Waals surface area contributed by atoms with Gasteiger partial charge in [-0.05, 0) is 36.2 Å². The zero-order valence-electron chi connectivity index (χ0n) is 15.5. The van der Waals surface area contributed by atoms with E-state index in [1.807, 2.05) is 71.5 Å². The van der Waals surface area contributed by atoms with E-state index < -0.39 is 0 Å². The number of benzene rings is 2. The molecule has 3 rings (SSSR count). The molecule has 3 aromatic rings. The van der Waals surface area contributed by atoms with Crippen molar-refractivity contribution in [3.05, 3.63) is 78.6 Å². The Hall–Kier alpha value is -3.28. The number of nitrogens with one attached hydrogen (secondary N) is 2. The molecule has 0 aliphatic rings. The van der Waals surface area contributed by atoms with Crippen LogP contribution in [-0.2, 0) is 6.42 Å². The first kappa shape index (κ1) is 18.5. The van der Waals surface area contributed by atoms with Crippen LogP contribution in [0.2, 0.25) is 0 Å². The molecule has 2 N–H and O–H groups in total. The van der Waals surface area contributed by atoms with E-state index in [1.54, 1.807) is 7.05 Å². The number of para-hydroxylation sites is 2. The lowest BCUT2D eigenvalue weighted by Gasteiger charge is -2.12. The third-order valence-corrected chi connectivity index (χ3v) is 3.99. The second-order valence-electron chi connectivity index (χ2n) is 5.97. The molecule has 0 atom stereocenters. The van der Waals surface area contributed by atoms with Crippen molar-refractivity contribution in [1.82, 2.24) is 20.4 Å². The summed E-state index contributed by atoms with van der Waals surface area (Å²) in [7, 11) is 1.76. The minimum absolute atomic E-state index is 0.578. The average Bonchev–Trinajstić information content (AvgIpc) is 3.20. The Labute approximate surface area is 159 Å². The summed E-state index contributed by atoms with van der Waals surface area (Å²) in [5.74, 6) is 1.64. The van der Waals surface area contributed by atoms with Gasteiger partial charge < -0.3 is 15.4 Å². The van der Waals surface area contributed by atoms with Crippen LogP contribution in [0.4, 0.5) is 0 Å². The van der Waals surface area contributed by atoms with Gasteiger partial charge in [-0.3, -0.25) is 4.99 Å². The lowest BCUT2D eigenvalue weighted by atomic mass is 10.2. The molecular weight excluding hydrogens is 338 g/mol. The van der Waals surface area contributed by atoms with Crippen LogP contribution in [0.25, 0.3) is 5.69 Å². The molecule has 6 heteroatoms. The van der Waals surface area contributed by atoms with Crippen molar-refractivity contribution in [3.8, 4) is 11.4 Å². The first-order chi connectivity index (χ1) is 13.3. The van der Waals surface area contributed by atoms with E-state index in [4.69, 9.17) is 4.74 Å². The van der Waals surface area contributed by atoms with Gasteiger partial charge in [-0.2, -0.15) is 5.10 Å². The fraction of sp³-hybridized carbons (Fsp3) is 0.238. The molecule has 0 radical (unpaired) electrons. The van der Waals surface area contributed by atoms with E-state index in [2.05, 4.69) is 26.9 Å². The minimum atomic E-state index is 0.578. The molecule has 0 saturated heterocycles. The lowest BCUT2D eigenvalue weighted by Crippen LogP contribution is -2.40. The van der Waals surface area contributed by atoms with Crippen LogP contribution in [0, 0.1) is 0 Å². The standard InChI is InChI=1S/C21H25N5O/c1-22-21(24-14-15-27-20-10-6-3-7-11-20)23-13-12-18-16-25-26(17-18)19-8-4-2-5-9-19/h2-11,16-17H,12-15H2,1H3,(H2,22,23,24). The van der Waals surface area contributed by atoms with Crippen LogP contribution in [0.5, 0.6) is 5.75 Å². The zero-order chi connectivity index (χ0) is 18.7. The highest BCUT2D eigenvalue weighted by atomic mass is 16.5. The van der Waals surface area contributed by atoms with Gasteiger partial charge >= 0.3 is 0 Å². The SMILES string of the molecule is CN=C(NCCOc1ccccc1)NCCc1cnn(-c2ccccc2)c1.